The quantitative estimate of drug-likeness (QED) is 0.694. The van der Waals surface area contributed by atoms with Gasteiger partial charge in [-0.25, -0.2) is 0 Å². The first kappa shape index (κ1) is 15.3. The molecule has 0 amide bonds. The summed E-state index contributed by atoms with van der Waals surface area (Å²) in [6, 6.07) is 8.73. The average molecular weight is 272 g/mol. The zero-order valence-corrected chi connectivity index (χ0v) is 13.2. The third-order valence-corrected chi connectivity index (χ3v) is 4.98. The molecule has 1 nitrogen and oxygen atoms in total. The number of aldehydes is 1. The van der Waals surface area contributed by atoms with E-state index in [1.54, 1.807) is 0 Å². The Morgan fingerprint density at radius 2 is 1.75 bits per heavy atom. The van der Waals surface area contributed by atoms with Gasteiger partial charge < -0.3 is 4.79 Å². The van der Waals surface area contributed by atoms with Gasteiger partial charge in [0, 0.05) is 6.42 Å². The molecule has 110 valence electrons. The Kier molecular flexibility index (Phi) is 5.01. The molecule has 1 aromatic carbocycles. The molecule has 0 atom stereocenters. The van der Waals surface area contributed by atoms with Crippen LogP contribution in [0.5, 0.6) is 0 Å². The molecule has 1 aromatic rings. The molecule has 0 heterocycles. The smallest absolute Gasteiger partial charge is 0.120 e. The van der Waals surface area contributed by atoms with Crippen LogP contribution in [0.15, 0.2) is 24.3 Å². The highest BCUT2D eigenvalue weighted by atomic mass is 16.1. The minimum absolute atomic E-state index is 0.446. The van der Waals surface area contributed by atoms with Crippen LogP contribution in [0, 0.1) is 11.3 Å². The SMILES string of the molecule is CC(C)(C)C1CCC(c2ccccc2CCC=O)CC1. The average Bonchev–Trinajstić information content (AvgIpc) is 2.45. The highest BCUT2D eigenvalue weighted by Crippen LogP contribution is 2.43. The van der Waals surface area contributed by atoms with E-state index in [1.165, 1.54) is 36.8 Å². The van der Waals surface area contributed by atoms with Crippen LogP contribution in [-0.2, 0) is 11.2 Å². The standard InChI is InChI=1S/C19H28O/c1-19(2,3)17-12-10-16(11-13-17)18-9-5-4-7-15(18)8-6-14-20/h4-5,7,9,14,16-17H,6,8,10-13H2,1-3H3. The Labute approximate surface area is 123 Å². The number of carbonyl (C=O) groups excluding carboxylic acids is 1. The van der Waals surface area contributed by atoms with Crippen molar-refractivity contribution in [3.05, 3.63) is 35.4 Å². The number of aryl methyl sites for hydroxylation is 1. The van der Waals surface area contributed by atoms with E-state index in [9.17, 15) is 4.79 Å². The molecule has 0 spiro atoms. The van der Waals surface area contributed by atoms with Gasteiger partial charge in [-0.15, -0.1) is 0 Å². The molecule has 1 aliphatic rings. The van der Waals surface area contributed by atoms with E-state index >= 15 is 0 Å². The molecule has 0 bridgehead atoms. The minimum atomic E-state index is 0.446. The van der Waals surface area contributed by atoms with Gasteiger partial charge in [-0.1, -0.05) is 45.0 Å². The Morgan fingerprint density at radius 1 is 1.10 bits per heavy atom. The van der Waals surface area contributed by atoms with Crippen LogP contribution >= 0.6 is 0 Å². The normalized spacial score (nSPS) is 23.6. The lowest BCUT2D eigenvalue weighted by atomic mass is 9.68. The van der Waals surface area contributed by atoms with Crippen LogP contribution < -0.4 is 0 Å². The van der Waals surface area contributed by atoms with Gasteiger partial charge >= 0.3 is 0 Å². The maximum absolute atomic E-state index is 10.6. The molecular weight excluding hydrogens is 244 g/mol. The van der Waals surface area contributed by atoms with Gasteiger partial charge in [0.05, 0.1) is 0 Å². The van der Waals surface area contributed by atoms with Crippen molar-refractivity contribution in [3.63, 3.8) is 0 Å². The minimum Gasteiger partial charge on any atom is -0.303 e. The molecule has 0 aromatic heterocycles. The number of rotatable bonds is 4. The number of hydrogen-bond acceptors (Lipinski definition) is 1. The van der Waals surface area contributed by atoms with Crippen molar-refractivity contribution in [2.24, 2.45) is 11.3 Å². The van der Waals surface area contributed by atoms with Gasteiger partial charge in [-0.05, 0) is 60.5 Å². The molecule has 1 heteroatoms. The van der Waals surface area contributed by atoms with Gasteiger partial charge in [0.25, 0.3) is 0 Å². The van der Waals surface area contributed by atoms with E-state index in [0.717, 1.165) is 18.6 Å². The summed E-state index contributed by atoms with van der Waals surface area (Å²) in [4.78, 5) is 10.6. The number of hydrogen-bond donors (Lipinski definition) is 0. The van der Waals surface area contributed by atoms with Crippen molar-refractivity contribution >= 4 is 6.29 Å². The fourth-order valence-electron chi connectivity index (χ4n) is 3.65. The third-order valence-electron chi connectivity index (χ3n) is 4.98. The van der Waals surface area contributed by atoms with Crippen molar-refractivity contribution in [1.82, 2.24) is 0 Å². The van der Waals surface area contributed by atoms with Gasteiger partial charge in [-0.3, -0.25) is 0 Å². The number of benzene rings is 1. The zero-order chi connectivity index (χ0) is 14.6. The maximum Gasteiger partial charge on any atom is 0.120 e. The van der Waals surface area contributed by atoms with Crippen molar-refractivity contribution in [1.29, 1.82) is 0 Å². The van der Waals surface area contributed by atoms with Gasteiger partial charge in [0.15, 0.2) is 0 Å². The Hall–Kier alpha value is -1.11. The third kappa shape index (κ3) is 3.71. The Balaban J connectivity index is 2.05. The molecule has 0 saturated heterocycles. The van der Waals surface area contributed by atoms with E-state index < -0.39 is 0 Å². The van der Waals surface area contributed by atoms with E-state index in [-0.39, 0.29) is 0 Å². The molecule has 0 unspecified atom stereocenters. The van der Waals surface area contributed by atoms with E-state index in [1.807, 2.05) is 0 Å². The van der Waals surface area contributed by atoms with Gasteiger partial charge in [0.2, 0.25) is 0 Å². The fourth-order valence-corrected chi connectivity index (χ4v) is 3.65. The second-order valence-corrected chi connectivity index (χ2v) is 7.32. The first-order valence-electron chi connectivity index (χ1n) is 8.04. The largest absolute Gasteiger partial charge is 0.303 e. The van der Waals surface area contributed by atoms with Crippen molar-refractivity contribution in [2.45, 2.75) is 65.2 Å². The summed E-state index contributed by atoms with van der Waals surface area (Å²) in [5.41, 5.74) is 3.34. The van der Waals surface area contributed by atoms with Crippen LogP contribution in [0.2, 0.25) is 0 Å². The highest BCUT2D eigenvalue weighted by molar-refractivity contribution is 5.50. The molecule has 0 radical (unpaired) electrons. The Morgan fingerprint density at radius 3 is 2.35 bits per heavy atom. The van der Waals surface area contributed by atoms with Crippen molar-refractivity contribution < 1.29 is 4.79 Å². The fraction of sp³-hybridized carbons (Fsp3) is 0.632. The second kappa shape index (κ2) is 6.56. The molecule has 1 saturated carbocycles. The summed E-state index contributed by atoms with van der Waals surface area (Å²) >= 11 is 0. The lowest BCUT2D eigenvalue weighted by molar-refractivity contribution is -0.107. The molecule has 0 N–H and O–H groups in total. The van der Waals surface area contributed by atoms with Gasteiger partial charge in [0.1, 0.15) is 6.29 Å². The van der Waals surface area contributed by atoms with Crippen molar-refractivity contribution in [2.75, 3.05) is 0 Å². The zero-order valence-electron chi connectivity index (χ0n) is 13.2. The summed E-state index contributed by atoms with van der Waals surface area (Å²) in [7, 11) is 0. The van der Waals surface area contributed by atoms with Crippen molar-refractivity contribution in [3.8, 4) is 0 Å². The van der Waals surface area contributed by atoms with E-state index in [2.05, 4.69) is 45.0 Å². The van der Waals surface area contributed by atoms with Crippen LogP contribution in [0.1, 0.15) is 69.9 Å². The monoisotopic (exact) mass is 272 g/mol. The second-order valence-electron chi connectivity index (χ2n) is 7.32. The molecular formula is C19H28O. The summed E-state index contributed by atoms with van der Waals surface area (Å²) < 4.78 is 0. The molecule has 20 heavy (non-hydrogen) atoms. The molecule has 0 aliphatic heterocycles. The number of carbonyl (C=O) groups is 1. The van der Waals surface area contributed by atoms with E-state index in [0.29, 0.717) is 17.8 Å². The van der Waals surface area contributed by atoms with Crippen LogP contribution in [-0.4, -0.2) is 6.29 Å². The lowest BCUT2D eigenvalue weighted by Gasteiger charge is -2.37. The van der Waals surface area contributed by atoms with Crippen LogP contribution in [0.3, 0.4) is 0 Å². The van der Waals surface area contributed by atoms with E-state index in [4.69, 9.17) is 0 Å². The summed E-state index contributed by atoms with van der Waals surface area (Å²) in [6.07, 6.45) is 7.88. The summed E-state index contributed by atoms with van der Waals surface area (Å²) in [6.45, 7) is 7.11. The molecule has 1 fully saturated rings. The molecule has 1 aliphatic carbocycles. The Bertz CT molecular complexity index is 433. The van der Waals surface area contributed by atoms with Crippen LogP contribution in [0.25, 0.3) is 0 Å². The first-order valence-corrected chi connectivity index (χ1v) is 8.04. The molecule has 2 rings (SSSR count). The van der Waals surface area contributed by atoms with Gasteiger partial charge in [-0.2, -0.15) is 0 Å². The predicted molar refractivity (Wildman–Crippen MR) is 85.0 cm³/mol. The highest BCUT2D eigenvalue weighted by Gasteiger charge is 2.30. The summed E-state index contributed by atoms with van der Waals surface area (Å²) in [5, 5.41) is 0. The topological polar surface area (TPSA) is 17.1 Å². The lowest BCUT2D eigenvalue weighted by Crippen LogP contribution is -2.25. The predicted octanol–water partition coefficient (Wildman–Crippen LogP) is 5.14. The van der Waals surface area contributed by atoms with Crippen LogP contribution in [0.4, 0.5) is 0 Å². The maximum atomic E-state index is 10.6. The summed E-state index contributed by atoms with van der Waals surface area (Å²) in [5.74, 6) is 1.57. The first-order chi connectivity index (χ1) is 9.52.